The number of amides is 2. The smallest absolute Gasteiger partial charge is 0.322 e. The zero-order chi connectivity index (χ0) is 17.5. The van der Waals surface area contributed by atoms with Crippen LogP contribution in [0.3, 0.4) is 0 Å². The van der Waals surface area contributed by atoms with Gasteiger partial charge in [0.1, 0.15) is 11.5 Å². The molecule has 0 aliphatic rings. The van der Waals surface area contributed by atoms with Crippen LogP contribution < -0.4 is 10.1 Å². The Morgan fingerprint density at radius 3 is 2.48 bits per heavy atom. The number of urea groups is 1. The third kappa shape index (κ3) is 4.41. The first-order valence-corrected chi connectivity index (χ1v) is 8.01. The van der Waals surface area contributed by atoms with E-state index in [1.165, 1.54) is 0 Å². The minimum Gasteiger partial charge on any atom is -0.495 e. The molecule has 0 aliphatic carbocycles. The molecule has 1 aromatic heterocycles. The van der Waals surface area contributed by atoms with Crippen molar-refractivity contribution in [2.45, 2.75) is 13.1 Å². The number of ether oxygens (including phenoxy) is 1. The second-order valence-electron chi connectivity index (χ2n) is 5.55. The molecule has 0 unspecified atom stereocenters. The number of nitrogens with zero attached hydrogens (tertiary/aromatic N) is 1. The lowest BCUT2D eigenvalue weighted by atomic mass is 10.2. The Bertz CT molecular complexity index is 801. The maximum atomic E-state index is 12.8. The fraction of sp³-hybridized carbons (Fsp3) is 0.150. The summed E-state index contributed by atoms with van der Waals surface area (Å²) in [4.78, 5) is 14.5. The number of hydrogen-bond acceptors (Lipinski definition) is 3. The summed E-state index contributed by atoms with van der Waals surface area (Å²) < 4.78 is 10.7. The van der Waals surface area contributed by atoms with Crippen LogP contribution in [0.5, 0.6) is 5.75 Å². The average Bonchev–Trinajstić information content (AvgIpc) is 3.15. The first-order valence-electron chi connectivity index (χ1n) is 8.01. The van der Waals surface area contributed by atoms with Gasteiger partial charge < -0.3 is 19.4 Å². The fourth-order valence-corrected chi connectivity index (χ4v) is 2.54. The predicted octanol–water partition coefficient (Wildman–Crippen LogP) is 4.52. The molecule has 0 saturated heterocycles. The zero-order valence-corrected chi connectivity index (χ0v) is 14.0. The van der Waals surface area contributed by atoms with Gasteiger partial charge in [-0.25, -0.2) is 4.79 Å². The highest BCUT2D eigenvalue weighted by Crippen LogP contribution is 2.24. The summed E-state index contributed by atoms with van der Waals surface area (Å²) in [7, 11) is 1.58. The molecule has 25 heavy (non-hydrogen) atoms. The Hall–Kier alpha value is -3.21. The lowest BCUT2D eigenvalue weighted by Crippen LogP contribution is -2.34. The van der Waals surface area contributed by atoms with E-state index < -0.39 is 0 Å². The highest BCUT2D eigenvalue weighted by molar-refractivity contribution is 5.90. The van der Waals surface area contributed by atoms with E-state index in [1.807, 2.05) is 66.7 Å². The van der Waals surface area contributed by atoms with Crippen molar-refractivity contribution in [3.05, 3.63) is 84.3 Å². The minimum atomic E-state index is -0.218. The Balaban J connectivity index is 1.78. The van der Waals surface area contributed by atoms with Crippen LogP contribution in [0.1, 0.15) is 11.3 Å². The second-order valence-corrected chi connectivity index (χ2v) is 5.55. The topological polar surface area (TPSA) is 54.7 Å². The number of hydrogen-bond donors (Lipinski definition) is 1. The molecule has 5 heteroatoms. The molecule has 0 bridgehead atoms. The lowest BCUT2D eigenvalue weighted by Gasteiger charge is -2.23. The summed E-state index contributed by atoms with van der Waals surface area (Å²) in [6.45, 7) is 0.853. The van der Waals surface area contributed by atoms with Crippen LogP contribution in [0.15, 0.2) is 77.4 Å². The number of para-hydroxylation sites is 2. The summed E-state index contributed by atoms with van der Waals surface area (Å²) in [5, 5.41) is 2.91. The van der Waals surface area contributed by atoms with Crippen molar-refractivity contribution in [1.82, 2.24) is 4.90 Å². The van der Waals surface area contributed by atoms with Gasteiger partial charge in [-0.3, -0.25) is 0 Å². The van der Waals surface area contributed by atoms with Gasteiger partial charge in [0.15, 0.2) is 0 Å². The van der Waals surface area contributed by atoms with Gasteiger partial charge >= 0.3 is 6.03 Å². The molecule has 0 aliphatic heterocycles. The Morgan fingerprint density at radius 1 is 1.00 bits per heavy atom. The van der Waals surface area contributed by atoms with Gasteiger partial charge in [-0.2, -0.15) is 0 Å². The fourth-order valence-electron chi connectivity index (χ4n) is 2.54. The van der Waals surface area contributed by atoms with Crippen molar-refractivity contribution in [2.75, 3.05) is 12.4 Å². The van der Waals surface area contributed by atoms with Crippen molar-refractivity contribution in [2.24, 2.45) is 0 Å². The quantitative estimate of drug-likeness (QED) is 0.720. The summed E-state index contributed by atoms with van der Waals surface area (Å²) in [5.41, 5.74) is 1.68. The number of methoxy groups -OCH3 is 1. The van der Waals surface area contributed by atoms with Gasteiger partial charge in [0.2, 0.25) is 0 Å². The van der Waals surface area contributed by atoms with Crippen molar-refractivity contribution in [3.63, 3.8) is 0 Å². The molecule has 1 N–H and O–H groups in total. The third-order valence-electron chi connectivity index (χ3n) is 3.78. The van der Waals surface area contributed by atoms with E-state index >= 15 is 0 Å². The third-order valence-corrected chi connectivity index (χ3v) is 3.78. The molecule has 0 atom stereocenters. The van der Waals surface area contributed by atoms with E-state index in [0.717, 1.165) is 11.3 Å². The van der Waals surface area contributed by atoms with Crippen LogP contribution in [0, 0.1) is 0 Å². The SMILES string of the molecule is COc1ccccc1NC(=O)N(Cc1ccccc1)Cc1ccco1. The Morgan fingerprint density at radius 2 is 1.76 bits per heavy atom. The monoisotopic (exact) mass is 336 g/mol. The molecule has 2 aromatic carbocycles. The molecule has 2 amide bonds. The second kappa shape index (κ2) is 8.06. The predicted molar refractivity (Wildman–Crippen MR) is 96.4 cm³/mol. The van der Waals surface area contributed by atoms with E-state index in [0.29, 0.717) is 24.5 Å². The molecule has 0 saturated carbocycles. The summed E-state index contributed by atoms with van der Waals surface area (Å²) in [6.07, 6.45) is 1.61. The molecule has 3 aromatic rings. The van der Waals surface area contributed by atoms with E-state index in [-0.39, 0.29) is 6.03 Å². The normalized spacial score (nSPS) is 10.3. The summed E-state index contributed by atoms with van der Waals surface area (Å²) >= 11 is 0. The molecular formula is C20H20N2O3. The maximum absolute atomic E-state index is 12.8. The van der Waals surface area contributed by atoms with Crippen molar-refractivity contribution >= 4 is 11.7 Å². The number of rotatable bonds is 6. The van der Waals surface area contributed by atoms with Crippen LogP contribution in [0.4, 0.5) is 10.5 Å². The van der Waals surface area contributed by atoms with E-state index in [2.05, 4.69) is 5.32 Å². The summed E-state index contributed by atoms with van der Waals surface area (Å²) in [5.74, 6) is 1.35. The number of furan rings is 1. The van der Waals surface area contributed by atoms with Crippen molar-refractivity contribution in [1.29, 1.82) is 0 Å². The maximum Gasteiger partial charge on any atom is 0.322 e. The average molecular weight is 336 g/mol. The molecule has 5 nitrogen and oxygen atoms in total. The number of carbonyl (C=O) groups is 1. The molecular weight excluding hydrogens is 316 g/mol. The van der Waals surface area contributed by atoms with Gasteiger partial charge in [-0.1, -0.05) is 42.5 Å². The van der Waals surface area contributed by atoms with Crippen LogP contribution in [0.25, 0.3) is 0 Å². The minimum absolute atomic E-state index is 0.218. The van der Waals surface area contributed by atoms with E-state index in [9.17, 15) is 4.79 Å². The highest BCUT2D eigenvalue weighted by atomic mass is 16.5. The van der Waals surface area contributed by atoms with Crippen molar-refractivity contribution < 1.29 is 13.9 Å². The van der Waals surface area contributed by atoms with Gasteiger partial charge in [0, 0.05) is 6.54 Å². The first kappa shape index (κ1) is 16.6. The number of anilines is 1. The van der Waals surface area contributed by atoms with Crippen LogP contribution >= 0.6 is 0 Å². The first-order chi connectivity index (χ1) is 12.3. The van der Waals surface area contributed by atoms with E-state index in [4.69, 9.17) is 9.15 Å². The van der Waals surface area contributed by atoms with Crippen LogP contribution in [0.2, 0.25) is 0 Å². The molecule has 0 spiro atoms. The highest BCUT2D eigenvalue weighted by Gasteiger charge is 2.17. The lowest BCUT2D eigenvalue weighted by molar-refractivity contribution is 0.201. The molecule has 0 radical (unpaired) electrons. The van der Waals surface area contributed by atoms with Gasteiger partial charge in [-0.15, -0.1) is 0 Å². The van der Waals surface area contributed by atoms with Crippen LogP contribution in [-0.4, -0.2) is 18.0 Å². The van der Waals surface area contributed by atoms with Crippen LogP contribution in [-0.2, 0) is 13.1 Å². The molecule has 0 fully saturated rings. The Labute approximate surface area is 146 Å². The molecule has 3 rings (SSSR count). The largest absolute Gasteiger partial charge is 0.495 e. The summed E-state index contributed by atoms with van der Waals surface area (Å²) in [6, 6.07) is 20.6. The van der Waals surface area contributed by atoms with Gasteiger partial charge in [0.25, 0.3) is 0 Å². The van der Waals surface area contributed by atoms with E-state index in [1.54, 1.807) is 18.3 Å². The number of benzene rings is 2. The Kier molecular flexibility index (Phi) is 5.36. The molecule has 1 heterocycles. The standard InChI is InChI=1S/C20H20N2O3/c1-24-19-12-6-5-11-18(19)21-20(23)22(15-17-10-7-13-25-17)14-16-8-3-2-4-9-16/h2-13H,14-15H2,1H3,(H,21,23). The zero-order valence-electron chi connectivity index (χ0n) is 14.0. The number of carbonyl (C=O) groups excluding carboxylic acids is 1. The molecule has 128 valence electrons. The van der Waals surface area contributed by atoms with Gasteiger partial charge in [0.05, 0.1) is 25.6 Å². The van der Waals surface area contributed by atoms with Gasteiger partial charge in [-0.05, 0) is 29.8 Å². The number of nitrogens with one attached hydrogen (secondary N) is 1. The van der Waals surface area contributed by atoms with Crippen molar-refractivity contribution in [3.8, 4) is 5.75 Å².